The molecule has 0 amide bonds. The quantitative estimate of drug-likeness (QED) is 0.845. The standard InChI is InChI=1S/C13H9BrO2/c14-12-7-5-10(6-8-12)9-1-3-11(4-2-9)13(15)16/h1-8H,(H,15,16)/p-1. The summed E-state index contributed by atoms with van der Waals surface area (Å²) < 4.78 is 1.02. The zero-order chi connectivity index (χ0) is 11.5. The van der Waals surface area contributed by atoms with Crippen molar-refractivity contribution in [3.8, 4) is 11.1 Å². The molecule has 2 aromatic carbocycles. The summed E-state index contributed by atoms with van der Waals surface area (Å²) in [7, 11) is 0. The van der Waals surface area contributed by atoms with Crippen LogP contribution in [0.15, 0.2) is 53.0 Å². The molecule has 0 saturated carbocycles. The van der Waals surface area contributed by atoms with E-state index >= 15 is 0 Å². The Morgan fingerprint density at radius 2 is 1.31 bits per heavy atom. The van der Waals surface area contributed by atoms with Gasteiger partial charge in [-0.2, -0.15) is 0 Å². The van der Waals surface area contributed by atoms with Crippen molar-refractivity contribution in [2.24, 2.45) is 0 Å². The molecule has 2 aromatic rings. The second-order valence-corrected chi connectivity index (χ2v) is 4.29. The van der Waals surface area contributed by atoms with E-state index < -0.39 is 5.97 Å². The number of rotatable bonds is 2. The lowest BCUT2D eigenvalue weighted by atomic mass is 10.0. The van der Waals surface area contributed by atoms with Gasteiger partial charge in [-0.15, -0.1) is 0 Å². The van der Waals surface area contributed by atoms with Gasteiger partial charge in [0, 0.05) is 4.47 Å². The van der Waals surface area contributed by atoms with Gasteiger partial charge in [-0.05, 0) is 28.8 Å². The topological polar surface area (TPSA) is 40.1 Å². The number of carboxylic acids is 1. The molecule has 3 heteroatoms. The molecule has 0 aliphatic carbocycles. The predicted molar refractivity (Wildman–Crippen MR) is 63.9 cm³/mol. The highest BCUT2D eigenvalue weighted by molar-refractivity contribution is 9.10. The van der Waals surface area contributed by atoms with Crippen molar-refractivity contribution < 1.29 is 9.90 Å². The zero-order valence-corrected chi connectivity index (χ0v) is 9.90. The Morgan fingerprint density at radius 1 is 0.875 bits per heavy atom. The molecule has 2 nitrogen and oxygen atoms in total. The molecular weight excluding hydrogens is 268 g/mol. The van der Waals surface area contributed by atoms with Crippen LogP contribution < -0.4 is 5.11 Å². The van der Waals surface area contributed by atoms with Crippen LogP contribution in [0.4, 0.5) is 0 Å². The predicted octanol–water partition coefficient (Wildman–Crippen LogP) is 2.48. The van der Waals surface area contributed by atoms with Gasteiger partial charge >= 0.3 is 0 Å². The van der Waals surface area contributed by atoms with E-state index in [4.69, 9.17) is 0 Å². The summed E-state index contributed by atoms with van der Waals surface area (Å²) in [4.78, 5) is 10.6. The maximum absolute atomic E-state index is 10.6. The number of carbonyl (C=O) groups is 1. The van der Waals surface area contributed by atoms with E-state index in [0.29, 0.717) is 0 Å². The Morgan fingerprint density at radius 3 is 1.75 bits per heavy atom. The summed E-state index contributed by atoms with van der Waals surface area (Å²) in [6.45, 7) is 0. The van der Waals surface area contributed by atoms with E-state index in [9.17, 15) is 9.90 Å². The van der Waals surface area contributed by atoms with Crippen molar-refractivity contribution in [3.63, 3.8) is 0 Å². The summed E-state index contributed by atoms with van der Waals surface area (Å²) in [6, 6.07) is 14.5. The van der Waals surface area contributed by atoms with Crippen LogP contribution >= 0.6 is 15.9 Å². The van der Waals surface area contributed by atoms with Gasteiger partial charge in [0.05, 0.1) is 5.97 Å². The molecule has 0 bridgehead atoms. The van der Waals surface area contributed by atoms with E-state index in [1.54, 1.807) is 24.3 Å². The van der Waals surface area contributed by atoms with E-state index in [-0.39, 0.29) is 5.56 Å². The fraction of sp³-hybridized carbons (Fsp3) is 0. The first-order valence-electron chi connectivity index (χ1n) is 4.74. The fourth-order valence-corrected chi connectivity index (χ4v) is 1.71. The normalized spacial score (nSPS) is 10.1. The Labute approximate surface area is 102 Å². The van der Waals surface area contributed by atoms with Gasteiger partial charge in [-0.1, -0.05) is 52.3 Å². The van der Waals surface area contributed by atoms with Crippen molar-refractivity contribution in [2.45, 2.75) is 0 Å². The number of carboxylic acid groups (broad SMARTS) is 1. The van der Waals surface area contributed by atoms with Gasteiger partial charge in [0.2, 0.25) is 0 Å². The molecule has 0 atom stereocenters. The average molecular weight is 276 g/mol. The lowest BCUT2D eigenvalue weighted by molar-refractivity contribution is -0.255. The van der Waals surface area contributed by atoms with Gasteiger partial charge in [0.1, 0.15) is 0 Å². The van der Waals surface area contributed by atoms with E-state index in [1.165, 1.54) is 0 Å². The Bertz CT molecular complexity index is 500. The highest BCUT2D eigenvalue weighted by atomic mass is 79.9. The maximum atomic E-state index is 10.6. The second-order valence-electron chi connectivity index (χ2n) is 3.37. The second kappa shape index (κ2) is 4.49. The van der Waals surface area contributed by atoms with Crippen LogP contribution in [0.1, 0.15) is 10.4 Å². The molecule has 0 heterocycles. The number of hydrogen-bond donors (Lipinski definition) is 0. The first kappa shape index (κ1) is 10.9. The SMILES string of the molecule is O=C([O-])c1ccc(-c2ccc(Br)cc2)cc1. The lowest BCUT2D eigenvalue weighted by Crippen LogP contribution is -2.21. The zero-order valence-electron chi connectivity index (χ0n) is 8.31. The van der Waals surface area contributed by atoms with Crippen molar-refractivity contribution in [2.75, 3.05) is 0 Å². The van der Waals surface area contributed by atoms with Crippen molar-refractivity contribution in [1.29, 1.82) is 0 Å². The molecule has 2 rings (SSSR count). The van der Waals surface area contributed by atoms with Gasteiger partial charge in [0.25, 0.3) is 0 Å². The minimum absolute atomic E-state index is 0.195. The number of aromatic carboxylic acids is 1. The van der Waals surface area contributed by atoms with Crippen LogP contribution in [0.25, 0.3) is 11.1 Å². The van der Waals surface area contributed by atoms with Crippen molar-refractivity contribution in [1.82, 2.24) is 0 Å². The highest BCUT2D eigenvalue weighted by Crippen LogP contribution is 2.21. The average Bonchev–Trinajstić information content (AvgIpc) is 2.30. The maximum Gasteiger partial charge on any atom is 0.0715 e. The van der Waals surface area contributed by atoms with Gasteiger partial charge < -0.3 is 9.90 Å². The van der Waals surface area contributed by atoms with Crippen molar-refractivity contribution in [3.05, 3.63) is 58.6 Å². The molecule has 80 valence electrons. The van der Waals surface area contributed by atoms with Crippen LogP contribution in [-0.2, 0) is 0 Å². The number of benzene rings is 2. The molecule has 0 aliphatic heterocycles. The lowest BCUT2D eigenvalue weighted by Gasteiger charge is -2.05. The Hall–Kier alpha value is -1.61. The van der Waals surface area contributed by atoms with Gasteiger partial charge in [-0.25, -0.2) is 0 Å². The molecule has 0 N–H and O–H groups in total. The summed E-state index contributed by atoms with van der Waals surface area (Å²) in [5.74, 6) is -1.15. The molecule has 0 aliphatic rings. The molecular formula is C13H8BrO2-. The largest absolute Gasteiger partial charge is 0.545 e. The molecule has 0 spiro atoms. The molecule has 0 saturated heterocycles. The number of carbonyl (C=O) groups excluding carboxylic acids is 1. The van der Waals surface area contributed by atoms with Crippen LogP contribution in [0.2, 0.25) is 0 Å². The molecule has 16 heavy (non-hydrogen) atoms. The summed E-state index contributed by atoms with van der Waals surface area (Å²) in [6.07, 6.45) is 0. The van der Waals surface area contributed by atoms with Gasteiger partial charge in [0.15, 0.2) is 0 Å². The number of halogens is 1. The van der Waals surface area contributed by atoms with E-state index in [2.05, 4.69) is 15.9 Å². The molecule has 0 unspecified atom stereocenters. The third kappa shape index (κ3) is 2.31. The van der Waals surface area contributed by atoms with Crippen LogP contribution in [0.3, 0.4) is 0 Å². The minimum atomic E-state index is -1.15. The summed E-state index contributed by atoms with van der Waals surface area (Å²) in [5.41, 5.74) is 2.23. The van der Waals surface area contributed by atoms with E-state index in [0.717, 1.165) is 15.6 Å². The highest BCUT2D eigenvalue weighted by Gasteiger charge is 1.98. The number of hydrogen-bond acceptors (Lipinski definition) is 2. The van der Waals surface area contributed by atoms with Crippen LogP contribution in [0.5, 0.6) is 0 Å². The molecule has 0 radical (unpaired) electrons. The molecule has 0 fully saturated rings. The van der Waals surface area contributed by atoms with Crippen LogP contribution in [0, 0.1) is 0 Å². The Kier molecular flexibility index (Phi) is 3.06. The third-order valence-electron chi connectivity index (χ3n) is 2.30. The fourth-order valence-electron chi connectivity index (χ4n) is 1.44. The molecule has 0 aromatic heterocycles. The van der Waals surface area contributed by atoms with Crippen molar-refractivity contribution >= 4 is 21.9 Å². The first-order valence-corrected chi connectivity index (χ1v) is 5.53. The van der Waals surface area contributed by atoms with E-state index in [1.807, 2.05) is 24.3 Å². The summed E-state index contributed by atoms with van der Waals surface area (Å²) in [5, 5.41) is 10.6. The minimum Gasteiger partial charge on any atom is -0.545 e. The summed E-state index contributed by atoms with van der Waals surface area (Å²) >= 11 is 3.36. The third-order valence-corrected chi connectivity index (χ3v) is 2.83. The smallest absolute Gasteiger partial charge is 0.0715 e. The first-order chi connectivity index (χ1) is 7.66. The monoisotopic (exact) mass is 275 g/mol. The van der Waals surface area contributed by atoms with Gasteiger partial charge in [-0.3, -0.25) is 0 Å². The Balaban J connectivity index is 2.34. The van der Waals surface area contributed by atoms with Crippen LogP contribution in [-0.4, -0.2) is 5.97 Å².